The minimum absolute atomic E-state index is 0.113. The van der Waals surface area contributed by atoms with Crippen LogP contribution in [-0.4, -0.2) is 62.3 Å². The van der Waals surface area contributed by atoms with Crippen molar-refractivity contribution in [3.05, 3.63) is 47.8 Å². The number of hydrogen-bond acceptors (Lipinski definition) is 7. The van der Waals surface area contributed by atoms with Crippen LogP contribution < -0.4 is 9.62 Å². The maximum absolute atomic E-state index is 15.1. The van der Waals surface area contributed by atoms with Crippen LogP contribution in [0.15, 0.2) is 35.6 Å². The molecule has 178 valence electrons. The van der Waals surface area contributed by atoms with E-state index in [1.165, 1.54) is 18.0 Å². The molecule has 33 heavy (non-hydrogen) atoms. The lowest BCUT2D eigenvalue weighted by molar-refractivity contribution is -0.184. The van der Waals surface area contributed by atoms with Crippen LogP contribution in [-0.2, 0) is 19.7 Å². The topological polar surface area (TPSA) is 105 Å². The zero-order valence-electron chi connectivity index (χ0n) is 17.6. The number of hydrogen-bond donors (Lipinski definition) is 1. The fourth-order valence-electron chi connectivity index (χ4n) is 4.07. The molecule has 2 fully saturated rings. The van der Waals surface area contributed by atoms with Crippen LogP contribution in [0.1, 0.15) is 24.4 Å². The molecular weight excluding hydrogens is 463 g/mol. The minimum Gasteiger partial charge on any atom is -0.354 e. The van der Waals surface area contributed by atoms with E-state index in [4.69, 9.17) is 4.84 Å². The number of nitrogens with one attached hydrogen (secondary N) is 1. The number of hydroxylamine groups is 2. The lowest BCUT2D eigenvalue weighted by atomic mass is 9.93. The molecule has 2 saturated heterocycles. The number of carbonyl (C=O) groups is 1. The predicted molar refractivity (Wildman–Crippen MR) is 110 cm³/mol. The second kappa shape index (κ2) is 9.23. The van der Waals surface area contributed by atoms with Crippen molar-refractivity contribution in [3.8, 4) is 0 Å². The van der Waals surface area contributed by atoms with Crippen LogP contribution in [0.3, 0.4) is 0 Å². The first-order chi connectivity index (χ1) is 15.7. The first-order valence-corrected chi connectivity index (χ1v) is 11.7. The van der Waals surface area contributed by atoms with Crippen LogP contribution in [0.2, 0.25) is 0 Å². The van der Waals surface area contributed by atoms with Crippen molar-refractivity contribution in [2.75, 3.05) is 31.6 Å². The van der Waals surface area contributed by atoms with E-state index in [9.17, 15) is 22.0 Å². The summed E-state index contributed by atoms with van der Waals surface area (Å²) in [7, 11) is -2.55. The Bertz CT molecular complexity index is 1130. The van der Waals surface area contributed by atoms with Crippen molar-refractivity contribution in [3.63, 3.8) is 0 Å². The Kier molecular flexibility index (Phi) is 6.54. The van der Waals surface area contributed by atoms with Gasteiger partial charge >= 0.3 is 0 Å². The third kappa shape index (κ3) is 4.80. The number of sulfonamides is 1. The van der Waals surface area contributed by atoms with E-state index in [2.05, 4.69) is 14.7 Å². The van der Waals surface area contributed by atoms with Crippen LogP contribution in [0.4, 0.5) is 19.0 Å². The summed E-state index contributed by atoms with van der Waals surface area (Å²) in [4.78, 5) is 27.8. The average molecular weight is 485 g/mol. The van der Waals surface area contributed by atoms with Crippen LogP contribution >= 0.6 is 0 Å². The number of halogens is 3. The SMILES string of the molecule is CNS(=O)(=O)c1cc(N2CC[C@H](C(=O)N3OCC[C@H]3c3cc(F)cc(F)c3)[C@H](F)C2)ncn1. The molecule has 9 nitrogen and oxygen atoms in total. The molecule has 13 heteroatoms. The van der Waals surface area contributed by atoms with Gasteiger partial charge in [0.25, 0.3) is 15.9 Å². The summed E-state index contributed by atoms with van der Waals surface area (Å²) in [5, 5.41) is 0.767. The van der Waals surface area contributed by atoms with E-state index in [0.29, 0.717) is 6.42 Å². The Hall–Kier alpha value is -2.77. The van der Waals surface area contributed by atoms with Gasteiger partial charge in [-0.3, -0.25) is 9.63 Å². The van der Waals surface area contributed by atoms with Crippen molar-refractivity contribution in [1.29, 1.82) is 0 Å². The van der Waals surface area contributed by atoms with Crippen molar-refractivity contribution in [1.82, 2.24) is 19.8 Å². The summed E-state index contributed by atoms with van der Waals surface area (Å²) in [5.74, 6) is -2.95. The fraction of sp³-hybridized carbons (Fsp3) is 0.450. The van der Waals surface area contributed by atoms with Crippen molar-refractivity contribution < 1.29 is 31.2 Å². The highest BCUT2D eigenvalue weighted by Gasteiger charge is 2.42. The van der Waals surface area contributed by atoms with Gasteiger partial charge in [0, 0.05) is 25.1 Å². The summed E-state index contributed by atoms with van der Waals surface area (Å²) in [5.41, 5.74) is 0.241. The Balaban J connectivity index is 1.48. The number of aromatic nitrogens is 2. The van der Waals surface area contributed by atoms with Crippen molar-refractivity contribution >= 4 is 21.7 Å². The average Bonchev–Trinajstić information content (AvgIpc) is 3.28. The molecule has 0 saturated carbocycles. The molecule has 2 aliphatic rings. The summed E-state index contributed by atoms with van der Waals surface area (Å²) < 4.78 is 68.5. The maximum atomic E-state index is 15.1. The molecule has 3 heterocycles. The standard InChI is InChI=1S/C20H22F3N5O4S/c1-24-33(30,31)19-9-18(25-11-26-19)27-4-2-15(16(23)10-27)20(29)28-17(3-5-32-28)12-6-13(21)8-14(22)7-12/h6-9,11,15-17,24H,2-5,10H2,1H3/t15-,16+,17-/m0/s1. The zero-order valence-corrected chi connectivity index (χ0v) is 18.4. The number of amides is 1. The van der Waals surface area contributed by atoms with Gasteiger partial charge in [0.15, 0.2) is 5.03 Å². The molecule has 1 amide bonds. The summed E-state index contributed by atoms with van der Waals surface area (Å²) >= 11 is 0. The minimum atomic E-state index is -3.80. The Morgan fingerprint density at radius 1 is 1.15 bits per heavy atom. The van der Waals surface area contributed by atoms with Crippen molar-refractivity contribution in [2.45, 2.75) is 30.1 Å². The van der Waals surface area contributed by atoms with Crippen LogP contribution in [0.5, 0.6) is 0 Å². The van der Waals surface area contributed by atoms with E-state index in [1.54, 1.807) is 0 Å². The number of alkyl halides is 1. The highest BCUT2D eigenvalue weighted by Crippen LogP contribution is 2.35. The van der Waals surface area contributed by atoms with E-state index in [-0.39, 0.29) is 42.5 Å². The van der Waals surface area contributed by atoms with E-state index < -0.39 is 45.7 Å². The molecule has 0 aliphatic carbocycles. The quantitative estimate of drug-likeness (QED) is 0.644. The highest BCUT2D eigenvalue weighted by atomic mass is 32.2. The lowest BCUT2D eigenvalue weighted by Crippen LogP contribution is -2.49. The van der Waals surface area contributed by atoms with E-state index in [1.807, 2.05) is 0 Å². The first kappa shape index (κ1) is 23.4. The normalized spacial score (nSPS) is 23.7. The monoisotopic (exact) mass is 485 g/mol. The first-order valence-electron chi connectivity index (χ1n) is 10.3. The van der Waals surface area contributed by atoms with E-state index in [0.717, 1.165) is 29.6 Å². The molecule has 2 aromatic rings. The number of benzene rings is 1. The van der Waals surface area contributed by atoms with Gasteiger partial charge in [-0.25, -0.2) is 41.3 Å². The summed E-state index contributed by atoms with van der Waals surface area (Å²) in [6.07, 6.45) is -0.0825. The van der Waals surface area contributed by atoms with Gasteiger partial charge in [0.1, 0.15) is 30.0 Å². The summed E-state index contributed by atoms with van der Waals surface area (Å²) in [6, 6.07) is 3.51. The van der Waals surface area contributed by atoms with Gasteiger partial charge < -0.3 is 4.90 Å². The van der Waals surface area contributed by atoms with Gasteiger partial charge in [-0.05, 0) is 31.2 Å². The molecule has 1 N–H and O–H groups in total. The Morgan fingerprint density at radius 3 is 2.55 bits per heavy atom. The van der Waals surface area contributed by atoms with Gasteiger partial charge in [0.2, 0.25) is 0 Å². The van der Waals surface area contributed by atoms with Crippen molar-refractivity contribution in [2.24, 2.45) is 5.92 Å². The molecule has 0 bridgehead atoms. The zero-order chi connectivity index (χ0) is 23.8. The Labute approximate surface area is 188 Å². The molecule has 1 aromatic heterocycles. The second-order valence-corrected chi connectivity index (χ2v) is 9.62. The number of carbonyl (C=O) groups excluding carboxylic acids is 1. The highest BCUT2D eigenvalue weighted by molar-refractivity contribution is 7.89. The largest absolute Gasteiger partial charge is 0.354 e. The lowest BCUT2D eigenvalue weighted by Gasteiger charge is -2.36. The number of rotatable bonds is 5. The van der Waals surface area contributed by atoms with Crippen LogP contribution in [0.25, 0.3) is 0 Å². The van der Waals surface area contributed by atoms with Gasteiger partial charge in [-0.2, -0.15) is 0 Å². The third-order valence-corrected chi connectivity index (χ3v) is 7.06. The second-order valence-electron chi connectivity index (χ2n) is 7.78. The van der Waals surface area contributed by atoms with Crippen LogP contribution in [0, 0.1) is 17.6 Å². The number of piperidine rings is 1. The molecule has 2 aliphatic heterocycles. The smallest absolute Gasteiger partial charge is 0.257 e. The molecular formula is C20H22F3N5O4S. The van der Waals surface area contributed by atoms with Gasteiger partial charge in [-0.1, -0.05) is 0 Å². The molecule has 0 unspecified atom stereocenters. The molecule has 4 rings (SSSR count). The summed E-state index contributed by atoms with van der Waals surface area (Å²) in [6.45, 7) is 0.202. The van der Waals surface area contributed by atoms with E-state index >= 15 is 4.39 Å². The number of anilines is 1. The molecule has 0 radical (unpaired) electrons. The van der Waals surface area contributed by atoms with Gasteiger partial charge in [-0.15, -0.1) is 0 Å². The molecule has 3 atom stereocenters. The molecule has 1 aromatic carbocycles. The number of nitrogens with zero attached hydrogens (tertiary/aromatic N) is 4. The van der Waals surface area contributed by atoms with Gasteiger partial charge in [0.05, 0.1) is 25.1 Å². The predicted octanol–water partition coefficient (Wildman–Crippen LogP) is 1.73. The Morgan fingerprint density at radius 2 is 1.88 bits per heavy atom. The third-order valence-electron chi connectivity index (χ3n) is 5.75. The fourth-order valence-corrected chi connectivity index (χ4v) is 4.72. The maximum Gasteiger partial charge on any atom is 0.257 e. The molecule has 0 spiro atoms.